The minimum absolute atomic E-state index is 0.177. The Kier molecular flexibility index (Phi) is 5.76. The van der Waals surface area contributed by atoms with E-state index in [4.69, 9.17) is 4.74 Å². The number of halogens is 1. The normalized spacial score (nSPS) is 22.6. The first kappa shape index (κ1) is 22.1. The van der Waals surface area contributed by atoms with Gasteiger partial charge in [-0.2, -0.15) is 5.10 Å². The maximum absolute atomic E-state index is 14.2. The molecule has 1 saturated carbocycles. The van der Waals surface area contributed by atoms with Gasteiger partial charge in [0.25, 0.3) is 0 Å². The van der Waals surface area contributed by atoms with Crippen molar-refractivity contribution in [3.8, 4) is 11.3 Å². The molecule has 3 fully saturated rings. The number of likely N-dealkylation sites (tertiary alicyclic amines) is 1. The Morgan fingerprint density at radius 2 is 2.03 bits per heavy atom. The van der Waals surface area contributed by atoms with Crippen molar-refractivity contribution < 1.29 is 13.9 Å². The van der Waals surface area contributed by atoms with Crippen LogP contribution in [0.5, 0.6) is 0 Å². The van der Waals surface area contributed by atoms with Crippen molar-refractivity contribution in [2.75, 3.05) is 50.8 Å². The fourth-order valence-corrected chi connectivity index (χ4v) is 5.92. The van der Waals surface area contributed by atoms with Crippen LogP contribution >= 0.6 is 0 Å². The molecule has 2 aliphatic heterocycles. The zero-order chi connectivity index (χ0) is 23.2. The Bertz CT molecular complexity index is 1030. The summed E-state index contributed by atoms with van der Waals surface area (Å²) in [6, 6.07) is 2.16. The van der Waals surface area contributed by atoms with Crippen molar-refractivity contribution in [1.29, 1.82) is 0 Å². The lowest BCUT2D eigenvalue weighted by atomic mass is 9.78. The molecule has 5 rings (SSSR count). The van der Waals surface area contributed by atoms with Gasteiger partial charge in [0, 0.05) is 75.6 Å². The Morgan fingerprint density at radius 1 is 1.27 bits per heavy atom. The fourth-order valence-electron chi connectivity index (χ4n) is 5.92. The quantitative estimate of drug-likeness (QED) is 0.705. The average Bonchev–Trinajstić information content (AvgIpc) is 3.36. The molecule has 0 bridgehead atoms. The van der Waals surface area contributed by atoms with E-state index in [9.17, 15) is 9.18 Å². The first-order valence-corrected chi connectivity index (χ1v) is 11.9. The highest BCUT2D eigenvalue weighted by atomic mass is 19.1. The molecule has 9 heteroatoms. The third-order valence-corrected chi connectivity index (χ3v) is 7.53. The summed E-state index contributed by atoms with van der Waals surface area (Å²) in [7, 11) is 1.89. The second-order valence-corrected chi connectivity index (χ2v) is 9.80. The maximum atomic E-state index is 14.2. The van der Waals surface area contributed by atoms with Gasteiger partial charge in [0.2, 0.25) is 0 Å². The number of carbonyl (C=O) groups is 1. The zero-order valence-electron chi connectivity index (χ0n) is 19.8. The van der Waals surface area contributed by atoms with Crippen molar-refractivity contribution in [2.24, 2.45) is 12.5 Å². The number of aromatic nitrogens is 3. The van der Waals surface area contributed by atoms with Crippen molar-refractivity contribution in [3.05, 3.63) is 30.0 Å². The van der Waals surface area contributed by atoms with Gasteiger partial charge in [-0.05, 0) is 33.1 Å². The molecule has 2 saturated heterocycles. The molecule has 8 nitrogen and oxygen atoms in total. The summed E-state index contributed by atoms with van der Waals surface area (Å²) in [5.41, 5.74) is 3.75. The monoisotopic (exact) mass is 456 g/mol. The summed E-state index contributed by atoms with van der Waals surface area (Å²) in [5, 5.41) is 4.44. The summed E-state index contributed by atoms with van der Waals surface area (Å²) in [4.78, 5) is 23.1. The topological polar surface area (TPSA) is 66.7 Å². The third kappa shape index (κ3) is 4.18. The third-order valence-electron chi connectivity index (χ3n) is 7.53. The minimum atomic E-state index is -0.313. The molecule has 0 unspecified atom stereocenters. The van der Waals surface area contributed by atoms with Gasteiger partial charge in [-0.3, -0.25) is 14.6 Å². The zero-order valence-corrected chi connectivity index (χ0v) is 19.8. The van der Waals surface area contributed by atoms with E-state index in [1.807, 2.05) is 32.0 Å². The summed E-state index contributed by atoms with van der Waals surface area (Å²) in [6.45, 7) is 9.47. The van der Waals surface area contributed by atoms with Gasteiger partial charge in [-0.25, -0.2) is 9.18 Å². The second-order valence-electron chi connectivity index (χ2n) is 9.80. The summed E-state index contributed by atoms with van der Waals surface area (Å²) in [5.74, 6) is -0.313. The molecule has 2 aromatic heterocycles. The van der Waals surface area contributed by atoms with Crippen LogP contribution in [0, 0.1) is 18.2 Å². The molecule has 4 heterocycles. The van der Waals surface area contributed by atoms with E-state index in [0.717, 1.165) is 68.3 Å². The molecule has 1 aliphatic carbocycles. The number of amides is 1. The standard InChI is InChI=1S/C24H33FN6O2/c1-4-33-23(32)31-15-24(16-31)6-5-19(12-24)29-7-9-30(10-8-29)21-11-18(25)13-26-22(21)20-14-28(3)27-17(20)2/h11,13-14,19H,4-10,12,15-16H2,1-3H3/t19-/m1/s1. The van der Waals surface area contributed by atoms with Crippen molar-refractivity contribution >= 4 is 11.8 Å². The molecule has 0 radical (unpaired) electrons. The number of hydrogen-bond donors (Lipinski definition) is 0. The van der Waals surface area contributed by atoms with Crippen LogP contribution < -0.4 is 4.90 Å². The average molecular weight is 457 g/mol. The minimum Gasteiger partial charge on any atom is -0.450 e. The van der Waals surface area contributed by atoms with Gasteiger partial charge < -0.3 is 14.5 Å². The van der Waals surface area contributed by atoms with Crippen molar-refractivity contribution in [2.45, 2.75) is 39.2 Å². The molecule has 1 spiro atoms. The lowest BCUT2D eigenvalue weighted by Gasteiger charge is -2.48. The Morgan fingerprint density at radius 3 is 2.70 bits per heavy atom. The highest BCUT2D eigenvalue weighted by Crippen LogP contribution is 2.47. The molecule has 2 aromatic rings. The number of aryl methyl sites for hydroxylation is 2. The van der Waals surface area contributed by atoms with Gasteiger partial charge in [-0.1, -0.05) is 0 Å². The van der Waals surface area contributed by atoms with E-state index in [1.165, 1.54) is 19.0 Å². The number of pyridine rings is 1. The molecule has 33 heavy (non-hydrogen) atoms. The number of carbonyl (C=O) groups excluding carboxylic acids is 1. The fraction of sp³-hybridized carbons (Fsp3) is 0.625. The summed E-state index contributed by atoms with van der Waals surface area (Å²) in [6.07, 6.45) is 6.56. The van der Waals surface area contributed by atoms with Crippen LogP contribution in [0.4, 0.5) is 14.9 Å². The van der Waals surface area contributed by atoms with Gasteiger partial charge >= 0.3 is 6.09 Å². The van der Waals surface area contributed by atoms with Gasteiger partial charge in [0.15, 0.2) is 0 Å². The number of nitrogens with zero attached hydrogens (tertiary/aromatic N) is 6. The van der Waals surface area contributed by atoms with Crippen LogP contribution in [0.1, 0.15) is 31.9 Å². The molecule has 3 aliphatic rings. The molecule has 0 aromatic carbocycles. The number of piperazine rings is 1. The van der Waals surface area contributed by atoms with Crippen LogP contribution in [0.15, 0.2) is 18.5 Å². The highest BCUT2D eigenvalue weighted by molar-refractivity contribution is 5.76. The maximum Gasteiger partial charge on any atom is 0.409 e. The Labute approximate surface area is 194 Å². The van der Waals surface area contributed by atoms with E-state index < -0.39 is 0 Å². The van der Waals surface area contributed by atoms with Gasteiger partial charge in [-0.15, -0.1) is 0 Å². The number of anilines is 1. The SMILES string of the molecule is CCOC(=O)N1CC2(CC[C@@H](N3CCN(c4cc(F)cnc4-c4cn(C)nc4C)CC3)C2)C1. The Hall–Kier alpha value is -2.68. The second kappa shape index (κ2) is 8.59. The number of ether oxygens (including phenoxy) is 1. The van der Waals surface area contributed by atoms with E-state index in [0.29, 0.717) is 12.6 Å². The van der Waals surface area contributed by atoms with E-state index in [1.54, 1.807) is 10.7 Å². The van der Waals surface area contributed by atoms with E-state index >= 15 is 0 Å². The first-order chi connectivity index (χ1) is 15.9. The first-order valence-electron chi connectivity index (χ1n) is 11.9. The van der Waals surface area contributed by atoms with Crippen LogP contribution in [0.3, 0.4) is 0 Å². The smallest absolute Gasteiger partial charge is 0.409 e. The predicted octanol–water partition coefficient (Wildman–Crippen LogP) is 3.06. The number of hydrogen-bond acceptors (Lipinski definition) is 6. The van der Waals surface area contributed by atoms with Crippen molar-refractivity contribution in [1.82, 2.24) is 24.6 Å². The van der Waals surface area contributed by atoms with E-state index in [-0.39, 0.29) is 17.3 Å². The number of rotatable bonds is 4. The molecular formula is C24H33FN6O2. The van der Waals surface area contributed by atoms with Crippen molar-refractivity contribution in [3.63, 3.8) is 0 Å². The molecule has 1 amide bonds. The molecular weight excluding hydrogens is 423 g/mol. The molecule has 1 atom stereocenters. The Balaban J connectivity index is 1.22. The van der Waals surface area contributed by atoms with Gasteiger partial charge in [0.05, 0.1) is 29.9 Å². The van der Waals surface area contributed by atoms with Gasteiger partial charge in [0.1, 0.15) is 5.82 Å². The summed E-state index contributed by atoms with van der Waals surface area (Å²) < 4.78 is 21.1. The van der Waals surface area contributed by atoms with Crippen LogP contribution in [-0.4, -0.2) is 82.6 Å². The molecule has 0 N–H and O–H groups in total. The lowest BCUT2D eigenvalue weighted by Crippen LogP contribution is -2.58. The van der Waals surface area contributed by atoms with Crippen LogP contribution in [-0.2, 0) is 11.8 Å². The van der Waals surface area contributed by atoms with E-state index in [2.05, 4.69) is 19.9 Å². The van der Waals surface area contributed by atoms with Crippen LogP contribution in [0.25, 0.3) is 11.3 Å². The summed E-state index contributed by atoms with van der Waals surface area (Å²) >= 11 is 0. The lowest BCUT2D eigenvalue weighted by molar-refractivity contribution is -0.00294. The predicted molar refractivity (Wildman–Crippen MR) is 124 cm³/mol. The highest BCUT2D eigenvalue weighted by Gasteiger charge is 2.51. The largest absolute Gasteiger partial charge is 0.450 e. The molecule has 178 valence electrons. The van der Waals surface area contributed by atoms with Crippen LogP contribution in [0.2, 0.25) is 0 Å².